The van der Waals surface area contributed by atoms with Crippen LogP contribution in [0.1, 0.15) is 21.8 Å². The lowest BCUT2D eigenvalue weighted by Crippen LogP contribution is -2.11. The van der Waals surface area contributed by atoms with Gasteiger partial charge >= 0.3 is 0 Å². The molecule has 0 radical (unpaired) electrons. The molecule has 0 aliphatic carbocycles. The third kappa shape index (κ3) is 3.27. The Labute approximate surface area is 133 Å². The van der Waals surface area contributed by atoms with Crippen LogP contribution in [0.25, 0.3) is 11.5 Å². The minimum absolute atomic E-state index is 0.198. The molecule has 0 atom stereocenters. The number of pyridine rings is 1. The molecule has 1 aromatic carbocycles. The van der Waals surface area contributed by atoms with Crippen molar-refractivity contribution in [3.63, 3.8) is 0 Å². The number of aromatic nitrogens is 2. The predicted octanol–water partition coefficient (Wildman–Crippen LogP) is 2.76. The fraction of sp³-hybridized carbons (Fsp3) is 0.118. The van der Waals surface area contributed by atoms with Gasteiger partial charge in [0, 0.05) is 35.8 Å². The van der Waals surface area contributed by atoms with Crippen molar-refractivity contribution in [1.29, 1.82) is 0 Å². The van der Waals surface area contributed by atoms with Gasteiger partial charge in [-0.2, -0.15) is 0 Å². The van der Waals surface area contributed by atoms with Crippen molar-refractivity contribution in [2.24, 2.45) is 5.73 Å². The number of rotatable bonds is 4. The Kier molecular flexibility index (Phi) is 4.16. The molecule has 6 heteroatoms. The van der Waals surface area contributed by atoms with E-state index in [1.165, 1.54) is 0 Å². The highest BCUT2D eigenvalue weighted by Crippen LogP contribution is 2.24. The minimum Gasteiger partial charge on any atom is -0.441 e. The molecule has 0 aliphatic heterocycles. The average molecular weight is 308 g/mol. The fourth-order valence-corrected chi connectivity index (χ4v) is 2.18. The lowest BCUT2D eigenvalue weighted by Gasteiger charge is -2.06. The van der Waals surface area contributed by atoms with Crippen LogP contribution in [-0.4, -0.2) is 15.9 Å². The summed E-state index contributed by atoms with van der Waals surface area (Å²) in [5.41, 5.74) is 8.33. The Morgan fingerprint density at radius 1 is 1.26 bits per heavy atom. The third-order valence-corrected chi connectivity index (χ3v) is 3.40. The monoisotopic (exact) mass is 308 g/mol. The first-order chi connectivity index (χ1) is 11.2. The summed E-state index contributed by atoms with van der Waals surface area (Å²) >= 11 is 0. The molecule has 1 amide bonds. The second-order valence-corrected chi connectivity index (χ2v) is 5.00. The largest absolute Gasteiger partial charge is 0.441 e. The fourth-order valence-electron chi connectivity index (χ4n) is 2.18. The highest BCUT2D eigenvalue weighted by atomic mass is 16.4. The molecule has 0 unspecified atom stereocenters. The van der Waals surface area contributed by atoms with E-state index in [0.29, 0.717) is 29.4 Å². The van der Waals surface area contributed by atoms with E-state index in [-0.39, 0.29) is 5.91 Å². The number of oxazole rings is 1. The average Bonchev–Trinajstić information content (AvgIpc) is 2.97. The van der Waals surface area contributed by atoms with Gasteiger partial charge in [0.2, 0.25) is 5.89 Å². The number of nitrogens with one attached hydrogen (secondary N) is 1. The zero-order valence-corrected chi connectivity index (χ0v) is 12.6. The van der Waals surface area contributed by atoms with E-state index in [2.05, 4.69) is 15.3 Å². The number of aryl methyl sites for hydroxylation is 1. The summed E-state index contributed by atoms with van der Waals surface area (Å²) in [5, 5.41) is 2.84. The molecule has 23 heavy (non-hydrogen) atoms. The summed E-state index contributed by atoms with van der Waals surface area (Å²) in [4.78, 5) is 20.4. The van der Waals surface area contributed by atoms with Gasteiger partial charge in [0.15, 0.2) is 0 Å². The molecule has 2 aromatic heterocycles. The van der Waals surface area contributed by atoms with Crippen LogP contribution in [-0.2, 0) is 6.54 Å². The minimum atomic E-state index is -0.198. The van der Waals surface area contributed by atoms with E-state index < -0.39 is 0 Å². The molecule has 3 aromatic rings. The maximum absolute atomic E-state index is 12.2. The number of carbonyl (C=O) groups is 1. The van der Waals surface area contributed by atoms with Gasteiger partial charge in [-0.1, -0.05) is 6.07 Å². The molecule has 0 aliphatic rings. The number of benzene rings is 1. The number of carbonyl (C=O) groups excluding carboxylic acids is 1. The van der Waals surface area contributed by atoms with E-state index in [0.717, 1.165) is 11.3 Å². The molecule has 0 fully saturated rings. The SMILES string of the molecule is Cc1oc(-c2cccc(NC(=O)c3ccncc3)c2)nc1CN. The topological polar surface area (TPSA) is 94.0 Å². The number of nitrogens with two attached hydrogens (primary N) is 1. The molecule has 6 nitrogen and oxygen atoms in total. The summed E-state index contributed by atoms with van der Waals surface area (Å²) in [6.07, 6.45) is 3.16. The Morgan fingerprint density at radius 2 is 2.04 bits per heavy atom. The van der Waals surface area contributed by atoms with Crippen LogP contribution in [0, 0.1) is 6.92 Å². The molecule has 116 valence electrons. The van der Waals surface area contributed by atoms with Crippen LogP contribution < -0.4 is 11.1 Å². The third-order valence-electron chi connectivity index (χ3n) is 3.40. The number of amides is 1. The van der Waals surface area contributed by atoms with Gasteiger partial charge in [-0.3, -0.25) is 9.78 Å². The molecule has 3 rings (SSSR count). The maximum atomic E-state index is 12.2. The van der Waals surface area contributed by atoms with Gasteiger partial charge in [0.1, 0.15) is 5.76 Å². The smallest absolute Gasteiger partial charge is 0.255 e. The highest BCUT2D eigenvalue weighted by molar-refractivity contribution is 6.04. The summed E-state index contributed by atoms with van der Waals surface area (Å²) in [6, 6.07) is 10.6. The molecular weight excluding hydrogens is 292 g/mol. The Balaban J connectivity index is 1.83. The van der Waals surface area contributed by atoms with Gasteiger partial charge in [-0.15, -0.1) is 0 Å². The van der Waals surface area contributed by atoms with Crippen LogP contribution in [0.15, 0.2) is 53.2 Å². The lowest BCUT2D eigenvalue weighted by molar-refractivity contribution is 0.102. The van der Waals surface area contributed by atoms with Gasteiger partial charge in [0.25, 0.3) is 5.91 Å². The van der Waals surface area contributed by atoms with Gasteiger partial charge < -0.3 is 15.5 Å². The molecule has 2 heterocycles. The van der Waals surface area contributed by atoms with Crippen LogP contribution in [0.4, 0.5) is 5.69 Å². The van der Waals surface area contributed by atoms with E-state index in [4.69, 9.17) is 10.2 Å². The van der Waals surface area contributed by atoms with E-state index in [9.17, 15) is 4.79 Å². The Bertz CT molecular complexity index is 828. The van der Waals surface area contributed by atoms with Crippen molar-refractivity contribution in [1.82, 2.24) is 9.97 Å². The summed E-state index contributed by atoms with van der Waals surface area (Å²) in [7, 11) is 0. The maximum Gasteiger partial charge on any atom is 0.255 e. The molecule has 3 N–H and O–H groups in total. The summed E-state index contributed by atoms with van der Waals surface area (Å²) in [5.74, 6) is 0.993. The zero-order chi connectivity index (χ0) is 16.2. The number of anilines is 1. The molecule has 0 saturated heterocycles. The van der Waals surface area contributed by atoms with Gasteiger partial charge in [-0.05, 0) is 37.3 Å². The second-order valence-electron chi connectivity index (χ2n) is 5.00. The van der Waals surface area contributed by atoms with E-state index >= 15 is 0 Å². The lowest BCUT2D eigenvalue weighted by atomic mass is 10.2. The van der Waals surface area contributed by atoms with Crippen molar-refractivity contribution in [2.75, 3.05) is 5.32 Å². The van der Waals surface area contributed by atoms with Crippen LogP contribution in [0.2, 0.25) is 0 Å². The number of hydrogen-bond acceptors (Lipinski definition) is 5. The van der Waals surface area contributed by atoms with Crippen molar-refractivity contribution in [3.8, 4) is 11.5 Å². The quantitative estimate of drug-likeness (QED) is 0.773. The van der Waals surface area contributed by atoms with Crippen LogP contribution in [0.3, 0.4) is 0 Å². The molecular formula is C17H16N4O2. The first-order valence-corrected chi connectivity index (χ1v) is 7.15. The van der Waals surface area contributed by atoms with Crippen molar-refractivity contribution in [2.45, 2.75) is 13.5 Å². The van der Waals surface area contributed by atoms with Crippen LogP contribution >= 0.6 is 0 Å². The van der Waals surface area contributed by atoms with Gasteiger partial charge in [-0.25, -0.2) is 4.98 Å². The summed E-state index contributed by atoms with van der Waals surface area (Å²) < 4.78 is 5.62. The van der Waals surface area contributed by atoms with Crippen molar-refractivity contribution >= 4 is 11.6 Å². The Hall–Kier alpha value is -2.99. The molecule has 0 bridgehead atoms. The number of hydrogen-bond donors (Lipinski definition) is 2. The summed E-state index contributed by atoms with van der Waals surface area (Å²) in [6.45, 7) is 2.15. The number of nitrogens with zero attached hydrogens (tertiary/aromatic N) is 2. The van der Waals surface area contributed by atoms with Gasteiger partial charge in [0.05, 0.1) is 5.69 Å². The standard InChI is InChI=1S/C17H16N4O2/c1-11-15(10-18)21-17(23-11)13-3-2-4-14(9-13)20-16(22)12-5-7-19-8-6-12/h2-9H,10,18H2,1H3,(H,20,22). The van der Waals surface area contributed by atoms with Crippen molar-refractivity contribution < 1.29 is 9.21 Å². The highest BCUT2D eigenvalue weighted by Gasteiger charge is 2.11. The second kappa shape index (κ2) is 6.41. The molecule has 0 saturated carbocycles. The first-order valence-electron chi connectivity index (χ1n) is 7.15. The van der Waals surface area contributed by atoms with Crippen molar-refractivity contribution in [3.05, 3.63) is 65.8 Å². The normalized spacial score (nSPS) is 10.5. The van der Waals surface area contributed by atoms with Crippen LogP contribution in [0.5, 0.6) is 0 Å². The molecule has 0 spiro atoms. The van der Waals surface area contributed by atoms with E-state index in [1.807, 2.05) is 31.2 Å². The predicted molar refractivity (Wildman–Crippen MR) is 86.8 cm³/mol. The first kappa shape index (κ1) is 14.9. The zero-order valence-electron chi connectivity index (χ0n) is 12.6. The Morgan fingerprint density at radius 3 is 2.74 bits per heavy atom. The van der Waals surface area contributed by atoms with E-state index in [1.54, 1.807) is 24.5 Å².